The molecule has 1 unspecified atom stereocenters. The van der Waals surface area contributed by atoms with Crippen molar-refractivity contribution in [3.8, 4) is 5.75 Å². The van der Waals surface area contributed by atoms with Crippen LogP contribution in [0.5, 0.6) is 5.75 Å². The lowest BCUT2D eigenvalue weighted by Gasteiger charge is -2.22. The fourth-order valence-electron chi connectivity index (χ4n) is 2.88. The van der Waals surface area contributed by atoms with Gasteiger partial charge < -0.3 is 15.5 Å². The number of benzene rings is 2. The highest BCUT2D eigenvalue weighted by Crippen LogP contribution is 2.27. The van der Waals surface area contributed by atoms with Gasteiger partial charge in [-0.2, -0.15) is 26.3 Å². The number of hydrogen-bond acceptors (Lipinski definition) is 3. The largest absolute Gasteiger partial charge is 0.494 e. The molecule has 0 spiro atoms. The third-order valence-corrected chi connectivity index (χ3v) is 4.59. The maximum Gasteiger partial charge on any atom is 0.428 e. The maximum absolute atomic E-state index is 13.0. The molecular formula is C22H24F6N2O. The van der Waals surface area contributed by atoms with Crippen LogP contribution in [0.1, 0.15) is 24.0 Å². The first kappa shape index (κ1) is 24.7. The number of alkyl halides is 6. The van der Waals surface area contributed by atoms with Crippen molar-refractivity contribution in [2.75, 3.05) is 13.2 Å². The smallest absolute Gasteiger partial charge is 0.428 e. The van der Waals surface area contributed by atoms with E-state index < -0.39 is 30.5 Å². The molecule has 1 atom stereocenters. The maximum atomic E-state index is 13.0. The molecule has 2 aromatic carbocycles. The fraction of sp³-hybridized carbons (Fsp3) is 0.409. The average molecular weight is 446 g/mol. The van der Waals surface area contributed by atoms with Crippen LogP contribution in [-0.4, -0.2) is 37.3 Å². The molecule has 0 saturated carbocycles. The van der Waals surface area contributed by atoms with E-state index in [1.165, 1.54) is 5.56 Å². The lowest BCUT2D eigenvalue weighted by atomic mass is 10.1. The van der Waals surface area contributed by atoms with Crippen molar-refractivity contribution in [2.24, 2.45) is 0 Å². The fourth-order valence-corrected chi connectivity index (χ4v) is 2.88. The van der Waals surface area contributed by atoms with Crippen molar-refractivity contribution < 1.29 is 31.1 Å². The Morgan fingerprint density at radius 3 is 2.06 bits per heavy atom. The topological polar surface area (TPSA) is 45.1 Å². The zero-order chi connectivity index (χ0) is 22.9. The van der Waals surface area contributed by atoms with Gasteiger partial charge in [0.15, 0.2) is 0 Å². The van der Waals surface area contributed by atoms with E-state index in [1.807, 2.05) is 30.3 Å². The molecule has 170 valence electrons. The first-order chi connectivity index (χ1) is 14.6. The summed E-state index contributed by atoms with van der Waals surface area (Å²) in [7, 11) is 0. The molecule has 0 saturated heterocycles. The highest BCUT2D eigenvalue weighted by Gasteiger charge is 2.44. The first-order valence-electron chi connectivity index (χ1n) is 9.76. The molecule has 0 aliphatic rings. The predicted molar refractivity (Wildman–Crippen MR) is 107 cm³/mol. The van der Waals surface area contributed by atoms with Crippen molar-refractivity contribution >= 4 is 5.71 Å². The van der Waals surface area contributed by atoms with Gasteiger partial charge in [0.05, 0.1) is 6.61 Å². The van der Waals surface area contributed by atoms with Gasteiger partial charge in [0, 0.05) is 6.42 Å². The molecule has 2 rings (SSSR count). The summed E-state index contributed by atoms with van der Waals surface area (Å²) in [6, 6.07) is 14.4. The molecule has 0 heterocycles. The Morgan fingerprint density at radius 2 is 1.48 bits per heavy atom. The summed E-state index contributed by atoms with van der Waals surface area (Å²) in [5, 5.41) is 8.90. The van der Waals surface area contributed by atoms with E-state index >= 15 is 0 Å². The molecule has 0 radical (unpaired) electrons. The second-order valence-electron chi connectivity index (χ2n) is 7.06. The molecule has 0 aromatic heterocycles. The van der Waals surface area contributed by atoms with Crippen molar-refractivity contribution in [3.05, 3.63) is 65.7 Å². The van der Waals surface area contributed by atoms with E-state index in [2.05, 4.69) is 5.32 Å². The van der Waals surface area contributed by atoms with E-state index in [1.54, 1.807) is 24.3 Å². The third-order valence-electron chi connectivity index (χ3n) is 4.59. The van der Waals surface area contributed by atoms with Gasteiger partial charge >= 0.3 is 12.4 Å². The SMILES string of the molecule is N=C(CC(NCCc1ccc(OCCCc2ccccc2)cc1)C(F)(F)F)C(F)(F)F. The predicted octanol–water partition coefficient (Wildman–Crippen LogP) is 5.73. The van der Waals surface area contributed by atoms with E-state index in [9.17, 15) is 26.3 Å². The van der Waals surface area contributed by atoms with E-state index in [-0.39, 0.29) is 13.0 Å². The van der Waals surface area contributed by atoms with Crippen molar-refractivity contribution in [3.63, 3.8) is 0 Å². The zero-order valence-corrected chi connectivity index (χ0v) is 16.7. The molecule has 3 nitrogen and oxygen atoms in total. The van der Waals surface area contributed by atoms with Gasteiger partial charge in [-0.05, 0) is 49.1 Å². The summed E-state index contributed by atoms with van der Waals surface area (Å²) in [6.45, 7) is 0.348. The number of hydrogen-bond donors (Lipinski definition) is 2. The molecular weight excluding hydrogens is 422 g/mol. The standard InChI is InChI=1S/C22H24F6N2O/c23-21(24,25)19(29)15-20(22(26,27)28)30-13-12-17-8-10-18(11-9-17)31-14-4-7-16-5-2-1-3-6-16/h1-3,5-6,8-11,20,29-30H,4,7,12-15H2. The van der Waals surface area contributed by atoms with Crippen LogP contribution in [0.2, 0.25) is 0 Å². The molecule has 9 heteroatoms. The molecule has 0 aliphatic carbocycles. The van der Waals surface area contributed by atoms with Gasteiger partial charge in [0.25, 0.3) is 0 Å². The van der Waals surface area contributed by atoms with Gasteiger partial charge in [-0.3, -0.25) is 0 Å². The first-order valence-corrected chi connectivity index (χ1v) is 9.76. The summed E-state index contributed by atoms with van der Waals surface area (Å²) >= 11 is 0. The average Bonchev–Trinajstić information content (AvgIpc) is 2.70. The Morgan fingerprint density at radius 1 is 0.871 bits per heavy atom. The minimum atomic E-state index is -5.07. The summed E-state index contributed by atoms with van der Waals surface area (Å²) in [6.07, 6.45) is -9.49. The molecule has 0 amide bonds. The lowest BCUT2D eigenvalue weighted by molar-refractivity contribution is -0.155. The van der Waals surface area contributed by atoms with Gasteiger partial charge in [-0.25, -0.2) is 0 Å². The van der Waals surface area contributed by atoms with Crippen LogP contribution in [0.15, 0.2) is 54.6 Å². The second-order valence-corrected chi connectivity index (χ2v) is 7.06. The van der Waals surface area contributed by atoms with Gasteiger partial charge in [-0.1, -0.05) is 42.5 Å². The van der Waals surface area contributed by atoms with Crippen LogP contribution >= 0.6 is 0 Å². The van der Waals surface area contributed by atoms with Gasteiger partial charge in [0.2, 0.25) is 0 Å². The Labute approximate surface area is 176 Å². The third kappa shape index (κ3) is 9.00. The molecule has 0 bridgehead atoms. The quantitative estimate of drug-likeness (QED) is 0.263. The number of nitrogens with one attached hydrogen (secondary N) is 2. The summed E-state index contributed by atoms with van der Waals surface area (Å²) in [4.78, 5) is 0. The summed E-state index contributed by atoms with van der Waals surface area (Å²) in [5.74, 6) is 0.636. The van der Waals surface area contributed by atoms with Crippen LogP contribution in [0.4, 0.5) is 26.3 Å². The monoisotopic (exact) mass is 446 g/mol. The molecule has 31 heavy (non-hydrogen) atoms. The summed E-state index contributed by atoms with van der Waals surface area (Å²) < 4.78 is 81.7. The van der Waals surface area contributed by atoms with Crippen LogP contribution in [0.3, 0.4) is 0 Å². The Kier molecular flexibility index (Phi) is 8.91. The van der Waals surface area contributed by atoms with Crippen LogP contribution in [0.25, 0.3) is 0 Å². The second kappa shape index (κ2) is 11.2. The minimum Gasteiger partial charge on any atom is -0.494 e. The van der Waals surface area contributed by atoms with Crippen molar-refractivity contribution in [1.29, 1.82) is 5.41 Å². The number of halogens is 6. The van der Waals surface area contributed by atoms with E-state index in [0.29, 0.717) is 12.4 Å². The summed E-state index contributed by atoms with van der Waals surface area (Å²) in [5.41, 5.74) is 0.0310. The lowest BCUT2D eigenvalue weighted by Crippen LogP contribution is -2.46. The molecule has 2 aromatic rings. The van der Waals surface area contributed by atoms with Crippen molar-refractivity contribution in [1.82, 2.24) is 5.32 Å². The van der Waals surface area contributed by atoms with E-state index in [0.717, 1.165) is 18.4 Å². The Bertz CT molecular complexity index is 803. The molecule has 0 aliphatic heterocycles. The van der Waals surface area contributed by atoms with Crippen molar-refractivity contribution in [2.45, 2.75) is 44.1 Å². The molecule has 2 N–H and O–H groups in total. The van der Waals surface area contributed by atoms with Gasteiger partial charge in [-0.15, -0.1) is 0 Å². The van der Waals surface area contributed by atoms with E-state index in [4.69, 9.17) is 10.1 Å². The Hall–Kier alpha value is -2.55. The van der Waals surface area contributed by atoms with Gasteiger partial charge in [0.1, 0.15) is 17.5 Å². The zero-order valence-electron chi connectivity index (χ0n) is 16.7. The number of rotatable bonds is 11. The Balaban J connectivity index is 1.75. The molecule has 0 fully saturated rings. The van der Waals surface area contributed by atoms with Crippen LogP contribution < -0.4 is 10.1 Å². The highest BCUT2D eigenvalue weighted by atomic mass is 19.4. The highest BCUT2D eigenvalue weighted by molar-refractivity contribution is 5.87. The minimum absolute atomic E-state index is 0.174. The number of ether oxygens (including phenoxy) is 1. The number of aryl methyl sites for hydroxylation is 1. The van der Waals surface area contributed by atoms with Crippen LogP contribution in [-0.2, 0) is 12.8 Å². The normalized spacial score (nSPS) is 13.1. The van der Waals surface area contributed by atoms with Crippen LogP contribution in [0, 0.1) is 5.41 Å².